The van der Waals surface area contributed by atoms with E-state index in [-0.39, 0.29) is 42.5 Å². The van der Waals surface area contributed by atoms with E-state index in [1.54, 1.807) is 18.2 Å². The molecule has 7 nitrogen and oxygen atoms in total. The maximum Gasteiger partial charge on any atom is 0.244 e. The fourth-order valence-electron chi connectivity index (χ4n) is 5.52. The molecule has 0 aliphatic carbocycles. The van der Waals surface area contributed by atoms with E-state index in [4.69, 9.17) is 0 Å². The molecule has 8 heteroatoms. The Balaban J connectivity index is 1.42. The van der Waals surface area contributed by atoms with Crippen LogP contribution in [0.2, 0.25) is 0 Å². The van der Waals surface area contributed by atoms with Gasteiger partial charge in [0.05, 0.1) is 23.5 Å². The number of likely N-dealkylation sites (tertiary alicyclic amines) is 1. The number of hydrogen-bond acceptors (Lipinski definition) is 4. The third-order valence-corrected chi connectivity index (χ3v) is 6.99. The molecule has 172 valence electrons. The number of nitrogens with zero attached hydrogens (tertiary/aromatic N) is 2. The van der Waals surface area contributed by atoms with Gasteiger partial charge in [0.25, 0.3) is 0 Å². The molecule has 1 spiro atoms. The minimum absolute atomic E-state index is 0.0244. The number of carbonyl (C=O) groups excluding carboxylic acids is 3. The number of halogens is 1. The summed E-state index contributed by atoms with van der Waals surface area (Å²) in [4.78, 5) is 41.5. The third kappa shape index (κ3) is 4.11. The van der Waals surface area contributed by atoms with Gasteiger partial charge < -0.3 is 10.6 Å². The summed E-state index contributed by atoms with van der Waals surface area (Å²) in [7, 11) is 0. The maximum absolute atomic E-state index is 14.8. The van der Waals surface area contributed by atoms with Gasteiger partial charge in [-0.05, 0) is 36.6 Å². The van der Waals surface area contributed by atoms with Crippen LogP contribution in [-0.2, 0) is 14.4 Å². The molecule has 3 aliphatic rings. The SMILES string of the molecule is O=C1CN(C(=O)CN2C[C@@H](c3ccccc3F)[C@@]3(CCCCC(=O)N3)C2)c2ccccc2N1. The number of amides is 3. The first-order valence-corrected chi connectivity index (χ1v) is 11.4. The Morgan fingerprint density at radius 2 is 1.85 bits per heavy atom. The van der Waals surface area contributed by atoms with Gasteiger partial charge in [-0.25, -0.2) is 4.39 Å². The van der Waals surface area contributed by atoms with Gasteiger partial charge in [-0.2, -0.15) is 0 Å². The van der Waals surface area contributed by atoms with E-state index >= 15 is 0 Å². The summed E-state index contributed by atoms with van der Waals surface area (Å²) in [6.45, 7) is 0.965. The average molecular weight is 451 g/mol. The Kier molecular flexibility index (Phi) is 5.62. The number of anilines is 2. The van der Waals surface area contributed by atoms with Crippen molar-refractivity contribution in [1.29, 1.82) is 0 Å². The summed E-state index contributed by atoms with van der Waals surface area (Å²) in [6.07, 6.45) is 2.86. The maximum atomic E-state index is 14.8. The van der Waals surface area contributed by atoms with Gasteiger partial charge >= 0.3 is 0 Å². The van der Waals surface area contributed by atoms with Crippen molar-refractivity contribution in [3.05, 3.63) is 59.9 Å². The van der Waals surface area contributed by atoms with Gasteiger partial charge in [0.2, 0.25) is 17.7 Å². The van der Waals surface area contributed by atoms with Crippen LogP contribution in [-0.4, -0.2) is 54.3 Å². The van der Waals surface area contributed by atoms with Crippen LogP contribution in [0.15, 0.2) is 48.5 Å². The van der Waals surface area contributed by atoms with Crippen LogP contribution in [0.1, 0.15) is 37.2 Å². The summed E-state index contributed by atoms with van der Waals surface area (Å²) >= 11 is 0. The Hall–Kier alpha value is -3.26. The Labute approximate surface area is 191 Å². The molecule has 0 bridgehead atoms. The van der Waals surface area contributed by atoms with Gasteiger partial charge in [-0.1, -0.05) is 36.8 Å². The molecule has 5 rings (SSSR count). The zero-order valence-corrected chi connectivity index (χ0v) is 18.4. The molecule has 0 aromatic heterocycles. The molecule has 3 heterocycles. The van der Waals surface area contributed by atoms with Crippen LogP contribution < -0.4 is 15.5 Å². The van der Waals surface area contributed by atoms with E-state index < -0.39 is 5.54 Å². The number of rotatable bonds is 3. The summed E-state index contributed by atoms with van der Waals surface area (Å²) in [5.74, 6) is -1.01. The van der Waals surface area contributed by atoms with Crippen LogP contribution in [0.5, 0.6) is 0 Å². The molecule has 0 unspecified atom stereocenters. The number of benzene rings is 2. The third-order valence-electron chi connectivity index (χ3n) is 6.99. The van der Waals surface area contributed by atoms with Gasteiger partial charge in [0.1, 0.15) is 12.4 Å². The van der Waals surface area contributed by atoms with Crippen LogP contribution >= 0.6 is 0 Å². The quantitative estimate of drug-likeness (QED) is 0.753. The van der Waals surface area contributed by atoms with E-state index in [1.165, 1.54) is 11.0 Å². The van der Waals surface area contributed by atoms with E-state index in [0.29, 0.717) is 36.4 Å². The molecule has 2 aromatic carbocycles. The summed E-state index contributed by atoms with van der Waals surface area (Å²) < 4.78 is 14.8. The molecule has 33 heavy (non-hydrogen) atoms. The van der Waals surface area contributed by atoms with Crippen LogP contribution in [0.25, 0.3) is 0 Å². The molecule has 2 saturated heterocycles. The van der Waals surface area contributed by atoms with Crippen molar-refractivity contribution in [2.75, 3.05) is 36.4 Å². The summed E-state index contributed by atoms with van der Waals surface area (Å²) in [5, 5.41) is 6.00. The number of hydrogen-bond donors (Lipinski definition) is 2. The fraction of sp³-hybridized carbons (Fsp3) is 0.400. The van der Waals surface area contributed by atoms with Crippen molar-refractivity contribution in [3.8, 4) is 0 Å². The summed E-state index contributed by atoms with van der Waals surface area (Å²) in [6, 6.07) is 13.9. The second kappa shape index (κ2) is 8.59. The minimum atomic E-state index is -0.618. The molecule has 3 aliphatic heterocycles. The second-order valence-corrected chi connectivity index (χ2v) is 9.20. The number of fused-ring (bicyclic) bond motifs is 1. The molecule has 2 aromatic rings. The van der Waals surface area contributed by atoms with Gasteiger partial charge in [0, 0.05) is 25.4 Å². The molecule has 2 fully saturated rings. The average Bonchev–Trinajstić information content (AvgIpc) is 3.01. The highest BCUT2D eigenvalue weighted by molar-refractivity contribution is 6.10. The lowest BCUT2D eigenvalue weighted by atomic mass is 9.78. The second-order valence-electron chi connectivity index (χ2n) is 9.20. The van der Waals surface area contributed by atoms with Crippen molar-refractivity contribution < 1.29 is 18.8 Å². The van der Waals surface area contributed by atoms with Crippen molar-refractivity contribution in [3.63, 3.8) is 0 Å². The van der Waals surface area contributed by atoms with Gasteiger partial charge in [-0.15, -0.1) is 0 Å². The molecule has 2 atom stereocenters. The predicted octanol–water partition coefficient (Wildman–Crippen LogP) is 2.64. The smallest absolute Gasteiger partial charge is 0.244 e. The molecule has 3 amide bonds. The standard InChI is InChI=1S/C25H27FN4O3/c26-19-8-2-1-7-17(19)18-13-29(16-25(18)12-6-5-11-22(31)28-25)15-24(33)30-14-23(32)27-20-9-3-4-10-21(20)30/h1-4,7-10,18H,5-6,11-16H2,(H,27,32)(H,28,31)/t18-,25+/m0/s1. The predicted molar refractivity (Wildman–Crippen MR) is 122 cm³/mol. The first-order chi connectivity index (χ1) is 15.9. The van der Waals surface area contributed by atoms with E-state index in [9.17, 15) is 18.8 Å². The lowest BCUT2D eigenvalue weighted by Crippen LogP contribution is -2.53. The summed E-state index contributed by atoms with van der Waals surface area (Å²) in [5.41, 5.74) is 1.23. The highest BCUT2D eigenvalue weighted by atomic mass is 19.1. The molecular formula is C25H27FN4O3. The van der Waals surface area contributed by atoms with Gasteiger partial charge in [-0.3, -0.25) is 24.2 Å². The molecule has 0 saturated carbocycles. The number of nitrogens with one attached hydrogen (secondary N) is 2. The monoisotopic (exact) mass is 450 g/mol. The number of carbonyl (C=O) groups is 3. The van der Waals surface area contributed by atoms with Crippen LogP contribution in [0.4, 0.5) is 15.8 Å². The van der Waals surface area contributed by atoms with Gasteiger partial charge in [0.15, 0.2) is 0 Å². The van der Waals surface area contributed by atoms with E-state index in [2.05, 4.69) is 10.6 Å². The largest absolute Gasteiger partial charge is 0.349 e. The molecule has 0 radical (unpaired) electrons. The van der Waals surface area contributed by atoms with Crippen molar-refractivity contribution in [1.82, 2.24) is 10.2 Å². The molecule has 2 N–H and O–H groups in total. The lowest BCUT2D eigenvalue weighted by Gasteiger charge is -2.35. The van der Waals surface area contributed by atoms with Crippen molar-refractivity contribution in [2.45, 2.75) is 37.1 Å². The van der Waals surface area contributed by atoms with Crippen LogP contribution in [0, 0.1) is 5.82 Å². The highest BCUT2D eigenvalue weighted by Crippen LogP contribution is 2.42. The van der Waals surface area contributed by atoms with Crippen molar-refractivity contribution in [2.24, 2.45) is 0 Å². The normalized spacial score (nSPS) is 25.4. The topological polar surface area (TPSA) is 81.8 Å². The lowest BCUT2D eigenvalue weighted by molar-refractivity contribution is -0.123. The Bertz CT molecular complexity index is 1110. The van der Waals surface area contributed by atoms with E-state index in [1.807, 2.05) is 29.2 Å². The zero-order valence-electron chi connectivity index (χ0n) is 18.4. The fourth-order valence-corrected chi connectivity index (χ4v) is 5.52. The van der Waals surface area contributed by atoms with Crippen molar-refractivity contribution >= 4 is 29.1 Å². The van der Waals surface area contributed by atoms with E-state index in [0.717, 1.165) is 19.3 Å². The Morgan fingerprint density at radius 1 is 1.06 bits per heavy atom. The molecular weight excluding hydrogens is 423 g/mol. The number of para-hydroxylation sites is 2. The van der Waals surface area contributed by atoms with Crippen LogP contribution in [0.3, 0.4) is 0 Å². The first kappa shape index (κ1) is 21.6. The zero-order chi connectivity index (χ0) is 23.0. The highest BCUT2D eigenvalue weighted by Gasteiger charge is 2.49. The first-order valence-electron chi connectivity index (χ1n) is 11.4. The minimum Gasteiger partial charge on any atom is -0.349 e. The Morgan fingerprint density at radius 3 is 2.70 bits per heavy atom.